The second-order valence-electron chi connectivity index (χ2n) is 4.46. The van der Waals surface area contributed by atoms with Crippen molar-refractivity contribution in [3.8, 4) is 5.75 Å². The Morgan fingerprint density at radius 3 is 2.31 bits per heavy atom. The zero-order valence-electron chi connectivity index (χ0n) is 10.1. The van der Waals surface area contributed by atoms with E-state index in [1.807, 2.05) is 14.1 Å². The summed E-state index contributed by atoms with van der Waals surface area (Å²) in [6.07, 6.45) is 2.59. The number of benzene rings is 1. The molecule has 1 aromatic carbocycles. The van der Waals surface area contributed by atoms with E-state index in [0.29, 0.717) is 6.10 Å². The number of rotatable bonds is 3. The van der Waals surface area contributed by atoms with Gasteiger partial charge in [-0.15, -0.1) is 0 Å². The maximum Gasteiger partial charge on any atom is 0.119 e. The molecule has 1 aliphatic heterocycles. The number of nitrogens with zero attached hydrogens (tertiary/aromatic N) is 1. The van der Waals surface area contributed by atoms with Gasteiger partial charge in [-0.1, -0.05) is 0 Å². The molecule has 3 heteroatoms. The Hall–Kier alpha value is -1.22. The zero-order valence-corrected chi connectivity index (χ0v) is 10.1. The lowest BCUT2D eigenvalue weighted by Gasteiger charge is -2.24. The summed E-state index contributed by atoms with van der Waals surface area (Å²) >= 11 is 0. The van der Waals surface area contributed by atoms with Crippen molar-refractivity contribution < 1.29 is 4.74 Å². The zero-order chi connectivity index (χ0) is 11.4. The SMILES string of the molecule is CN(C)c1ccc(OC2CCNCC2)cc1. The molecule has 0 bridgehead atoms. The number of hydrogen-bond acceptors (Lipinski definition) is 3. The first-order chi connectivity index (χ1) is 7.75. The molecule has 16 heavy (non-hydrogen) atoms. The number of anilines is 1. The summed E-state index contributed by atoms with van der Waals surface area (Å²) in [5.74, 6) is 0.984. The molecule has 0 aliphatic carbocycles. The Kier molecular flexibility index (Phi) is 3.67. The fourth-order valence-corrected chi connectivity index (χ4v) is 1.93. The minimum absolute atomic E-state index is 0.381. The van der Waals surface area contributed by atoms with Crippen molar-refractivity contribution in [2.75, 3.05) is 32.1 Å². The highest BCUT2D eigenvalue weighted by atomic mass is 16.5. The largest absolute Gasteiger partial charge is 0.490 e. The van der Waals surface area contributed by atoms with E-state index in [9.17, 15) is 0 Å². The quantitative estimate of drug-likeness (QED) is 0.842. The average molecular weight is 220 g/mol. The van der Waals surface area contributed by atoms with Gasteiger partial charge in [0.05, 0.1) is 0 Å². The van der Waals surface area contributed by atoms with Crippen LogP contribution in [-0.2, 0) is 0 Å². The van der Waals surface area contributed by atoms with Crippen LogP contribution in [0.3, 0.4) is 0 Å². The first kappa shape index (κ1) is 11.3. The maximum absolute atomic E-state index is 5.93. The van der Waals surface area contributed by atoms with E-state index in [0.717, 1.165) is 31.7 Å². The molecule has 1 fully saturated rings. The Labute approximate surface area is 97.4 Å². The molecule has 2 rings (SSSR count). The van der Waals surface area contributed by atoms with E-state index < -0.39 is 0 Å². The van der Waals surface area contributed by atoms with E-state index in [4.69, 9.17) is 4.74 Å². The fourth-order valence-electron chi connectivity index (χ4n) is 1.93. The molecular weight excluding hydrogens is 200 g/mol. The Balaban J connectivity index is 1.93. The molecule has 1 aliphatic rings. The highest BCUT2D eigenvalue weighted by Crippen LogP contribution is 2.20. The van der Waals surface area contributed by atoms with Gasteiger partial charge in [0.1, 0.15) is 11.9 Å². The first-order valence-electron chi connectivity index (χ1n) is 5.90. The summed E-state index contributed by atoms with van der Waals surface area (Å²) < 4.78 is 5.93. The van der Waals surface area contributed by atoms with Gasteiger partial charge in [0.2, 0.25) is 0 Å². The summed E-state index contributed by atoms with van der Waals surface area (Å²) in [5, 5.41) is 3.34. The third-order valence-corrected chi connectivity index (χ3v) is 2.94. The molecule has 0 atom stereocenters. The molecule has 1 aromatic rings. The summed E-state index contributed by atoms with van der Waals surface area (Å²) in [4.78, 5) is 2.09. The van der Waals surface area contributed by atoms with Crippen LogP contribution < -0.4 is 15.0 Å². The molecule has 88 valence electrons. The monoisotopic (exact) mass is 220 g/mol. The molecule has 0 spiro atoms. The van der Waals surface area contributed by atoms with Crippen LogP contribution in [0.2, 0.25) is 0 Å². The smallest absolute Gasteiger partial charge is 0.119 e. The van der Waals surface area contributed by atoms with Crippen LogP contribution in [0.15, 0.2) is 24.3 Å². The van der Waals surface area contributed by atoms with Gasteiger partial charge in [-0.05, 0) is 50.2 Å². The van der Waals surface area contributed by atoms with Crippen molar-refractivity contribution >= 4 is 5.69 Å². The van der Waals surface area contributed by atoms with Crippen molar-refractivity contribution in [2.24, 2.45) is 0 Å². The van der Waals surface area contributed by atoms with E-state index in [1.165, 1.54) is 5.69 Å². The Bertz CT molecular complexity index is 315. The molecule has 0 radical (unpaired) electrons. The third kappa shape index (κ3) is 2.89. The molecule has 1 heterocycles. The Morgan fingerprint density at radius 2 is 1.75 bits per heavy atom. The maximum atomic E-state index is 5.93. The van der Waals surface area contributed by atoms with Crippen LogP contribution >= 0.6 is 0 Å². The lowest BCUT2D eigenvalue weighted by molar-refractivity contribution is 0.162. The number of piperidine rings is 1. The standard InChI is InChI=1S/C13H20N2O/c1-15(2)11-3-5-12(6-4-11)16-13-7-9-14-10-8-13/h3-6,13-14H,7-10H2,1-2H3. The van der Waals surface area contributed by atoms with Gasteiger partial charge >= 0.3 is 0 Å². The lowest BCUT2D eigenvalue weighted by Crippen LogP contribution is -2.34. The fraction of sp³-hybridized carbons (Fsp3) is 0.538. The predicted molar refractivity (Wildman–Crippen MR) is 67.3 cm³/mol. The summed E-state index contributed by atoms with van der Waals surface area (Å²) in [7, 11) is 4.09. The van der Waals surface area contributed by atoms with Crippen molar-refractivity contribution in [1.82, 2.24) is 5.32 Å². The second kappa shape index (κ2) is 5.21. The van der Waals surface area contributed by atoms with Gasteiger partial charge in [-0.25, -0.2) is 0 Å². The molecule has 1 saturated heterocycles. The second-order valence-corrected chi connectivity index (χ2v) is 4.46. The van der Waals surface area contributed by atoms with Crippen LogP contribution in [-0.4, -0.2) is 33.3 Å². The highest BCUT2D eigenvalue weighted by Gasteiger charge is 2.14. The van der Waals surface area contributed by atoms with E-state index in [-0.39, 0.29) is 0 Å². The van der Waals surface area contributed by atoms with Crippen LogP contribution in [0.25, 0.3) is 0 Å². The molecule has 0 saturated carbocycles. The van der Waals surface area contributed by atoms with E-state index in [1.54, 1.807) is 0 Å². The molecule has 0 aromatic heterocycles. The highest BCUT2D eigenvalue weighted by molar-refractivity contribution is 5.47. The van der Waals surface area contributed by atoms with Crippen molar-refractivity contribution in [3.05, 3.63) is 24.3 Å². The van der Waals surface area contributed by atoms with Crippen LogP contribution in [0.5, 0.6) is 5.75 Å². The summed E-state index contributed by atoms with van der Waals surface area (Å²) in [5.41, 5.74) is 1.21. The Morgan fingerprint density at radius 1 is 1.12 bits per heavy atom. The van der Waals surface area contributed by atoms with E-state index in [2.05, 4.69) is 34.5 Å². The topological polar surface area (TPSA) is 24.5 Å². The van der Waals surface area contributed by atoms with Crippen LogP contribution in [0.4, 0.5) is 5.69 Å². The van der Waals surface area contributed by atoms with Gasteiger partial charge in [0.15, 0.2) is 0 Å². The predicted octanol–water partition coefficient (Wildman–Crippen LogP) is 1.88. The summed E-state index contributed by atoms with van der Waals surface area (Å²) in [6, 6.07) is 8.29. The van der Waals surface area contributed by atoms with E-state index >= 15 is 0 Å². The first-order valence-corrected chi connectivity index (χ1v) is 5.90. The van der Waals surface area contributed by atoms with Gasteiger partial charge in [-0.2, -0.15) is 0 Å². The molecule has 1 N–H and O–H groups in total. The van der Waals surface area contributed by atoms with Crippen molar-refractivity contribution in [2.45, 2.75) is 18.9 Å². The lowest BCUT2D eigenvalue weighted by atomic mass is 10.1. The van der Waals surface area contributed by atoms with Crippen LogP contribution in [0, 0.1) is 0 Å². The molecule has 0 unspecified atom stereocenters. The normalized spacial score (nSPS) is 17.1. The van der Waals surface area contributed by atoms with Crippen molar-refractivity contribution in [3.63, 3.8) is 0 Å². The van der Waals surface area contributed by atoms with Gasteiger partial charge in [0.25, 0.3) is 0 Å². The third-order valence-electron chi connectivity index (χ3n) is 2.94. The van der Waals surface area contributed by atoms with Gasteiger partial charge in [-0.3, -0.25) is 0 Å². The molecular formula is C13H20N2O. The van der Waals surface area contributed by atoms with Gasteiger partial charge in [0, 0.05) is 19.8 Å². The van der Waals surface area contributed by atoms with Crippen molar-refractivity contribution in [1.29, 1.82) is 0 Å². The van der Waals surface area contributed by atoms with Crippen LogP contribution in [0.1, 0.15) is 12.8 Å². The van der Waals surface area contributed by atoms with Gasteiger partial charge < -0.3 is 15.0 Å². The minimum Gasteiger partial charge on any atom is -0.490 e. The molecule has 3 nitrogen and oxygen atoms in total. The minimum atomic E-state index is 0.381. The summed E-state index contributed by atoms with van der Waals surface area (Å²) in [6.45, 7) is 2.14. The molecule has 0 amide bonds. The number of ether oxygens (including phenoxy) is 1. The number of hydrogen-bond donors (Lipinski definition) is 1. The number of nitrogens with one attached hydrogen (secondary N) is 1. The average Bonchev–Trinajstić information content (AvgIpc) is 2.31.